The molecule has 2 nitrogen and oxygen atoms in total. The monoisotopic (exact) mass is 270 g/mol. The summed E-state index contributed by atoms with van der Waals surface area (Å²) >= 11 is 0. The van der Waals surface area contributed by atoms with Crippen LogP contribution in [0.5, 0.6) is 0 Å². The molecule has 0 saturated carbocycles. The molecule has 2 aromatic carbocycles. The lowest BCUT2D eigenvalue weighted by molar-refractivity contribution is 0.0426. The Morgan fingerprint density at radius 1 is 0.950 bits per heavy atom. The number of aliphatic hydroxyl groups is 2. The largest absolute Gasteiger partial charge is 0.395 e. The van der Waals surface area contributed by atoms with Crippen LogP contribution >= 0.6 is 0 Å². The molecule has 0 unspecified atom stereocenters. The minimum atomic E-state index is -0.615. The number of rotatable bonds is 6. The van der Waals surface area contributed by atoms with Gasteiger partial charge in [0.05, 0.1) is 12.7 Å². The zero-order chi connectivity index (χ0) is 14.4. The lowest BCUT2D eigenvalue weighted by Crippen LogP contribution is -2.40. The maximum atomic E-state index is 10.5. The van der Waals surface area contributed by atoms with Gasteiger partial charge in [-0.3, -0.25) is 0 Å². The van der Waals surface area contributed by atoms with Gasteiger partial charge < -0.3 is 10.2 Å². The lowest BCUT2D eigenvalue weighted by atomic mass is 9.76. The van der Waals surface area contributed by atoms with E-state index in [-0.39, 0.29) is 6.61 Å². The molecule has 20 heavy (non-hydrogen) atoms. The molecule has 0 amide bonds. The van der Waals surface area contributed by atoms with Gasteiger partial charge in [-0.15, -0.1) is 0 Å². The first kappa shape index (κ1) is 14.8. The molecule has 0 heterocycles. The smallest absolute Gasteiger partial charge is 0.0659 e. The van der Waals surface area contributed by atoms with Crippen molar-refractivity contribution in [2.45, 2.75) is 31.3 Å². The van der Waals surface area contributed by atoms with Gasteiger partial charge in [-0.25, -0.2) is 0 Å². The van der Waals surface area contributed by atoms with Crippen molar-refractivity contribution in [2.24, 2.45) is 0 Å². The molecule has 2 aromatic rings. The number of hydrogen-bond acceptors (Lipinski definition) is 2. The minimum Gasteiger partial charge on any atom is -0.395 e. The van der Waals surface area contributed by atoms with Gasteiger partial charge in [0.15, 0.2) is 0 Å². The zero-order valence-electron chi connectivity index (χ0n) is 11.9. The van der Waals surface area contributed by atoms with Crippen molar-refractivity contribution >= 4 is 0 Å². The molecule has 0 aromatic heterocycles. The average molecular weight is 270 g/mol. The Kier molecular flexibility index (Phi) is 4.94. The molecule has 0 radical (unpaired) electrons. The summed E-state index contributed by atoms with van der Waals surface area (Å²) in [4.78, 5) is 0. The Bertz CT molecular complexity index is 509. The first-order chi connectivity index (χ1) is 9.66. The molecule has 2 rings (SSSR count). The highest BCUT2D eigenvalue weighted by Gasteiger charge is 2.33. The molecule has 0 aliphatic rings. The highest BCUT2D eigenvalue weighted by Crippen LogP contribution is 2.29. The average Bonchev–Trinajstić information content (AvgIpc) is 2.53. The normalized spacial score (nSPS) is 15.6. The summed E-state index contributed by atoms with van der Waals surface area (Å²) in [5, 5.41) is 20.3. The van der Waals surface area contributed by atoms with Crippen molar-refractivity contribution in [3.05, 3.63) is 71.8 Å². The molecule has 2 atom stereocenters. The molecule has 106 valence electrons. The number of aryl methyl sites for hydroxylation is 1. The van der Waals surface area contributed by atoms with E-state index in [4.69, 9.17) is 0 Å². The summed E-state index contributed by atoms with van der Waals surface area (Å²) in [5.74, 6) is 0. The van der Waals surface area contributed by atoms with Gasteiger partial charge in [0, 0.05) is 5.41 Å². The van der Waals surface area contributed by atoms with Gasteiger partial charge in [-0.05, 0) is 24.0 Å². The van der Waals surface area contributed by atoms with E-state index in [2.05, 4.69) is 12.1 Å². The molecule has 0 spiro atoms. The van der Waals surface area contributed by atoms with E-state index >= 15 is 0 Å². The molecular weight excluding hydrogens is 248 g/mol. The van der Waals surface area contributed by atoms with Gasteiger partial charge >= 0.3 is 0 Å². The summed E-state index contributed by atoms with van der Waals surface area (Å²) in [7, 11) is 0. The third kappa shape index (κ3) is 3.27. The van der Waals surface area contributed by atoms with E-state index in [1.807, 2.05) is 55.5 Å². The first-order valence-corrected chi connectivity index (χ1v) is 7.05. The highest BCUT2D eigenvalue weighted by atomic mass is 16.3. The van der Waals surface area contributed by atoms with Gasteiger partial charge in [-0.2, -0.15) is 0 Å². The van der Waals surface area contributed by atoms with Crippen LogP contribution in [0, 0.1) is 0 Å². The van der Waals surface area contributed by atoms with Crippen LogP contribution < -0.4 is 0 Å². The van der Waals surface area contributed by atoms with Crippen LogP contribution in [0.4, 0.5) is 0 Å². The fraction of sp³-hybridized carbons (Fsp3) is 0.333. The molecule has 0 bridgehead atoms. The van der Waals surface area contributed by atoms with Gasteiger partial charge in [-0.1, -0.05) is 67.6 Å². The minimum absolute atomic E-state index is 0.0625. The van der Waals surface area contributed by atoms with E-state index < -0.39 is 11.5 Å². The Hall–Kier alpha value is -1.64. The first-order valence-electron chi connectivity index (χ1n) is 7.05. The fourth-order valence-electron chi connectivity index (χ4n) is 2.47. The molecule has 2 heteroatoms. The molecule has 0 saturated heterocycles. The standard InChI is InChI=1S/C18H22O2/c1-18(14-19,16-10-6-3-7-11-16)17(20)13-12-15-8-4-2-5-9-15/h2-11,17,19-20H,12-14H2,1H3/t17-,18-/m0/s1. The second-order valence-electron chi connectivity index (χ2n) is 5.48. The van der Waals surface area contributed by atoms with Crippen LogP contribution in [-0.2, 0) is 11.8 Å². The van der Waals surface area contributed by atoms with Crippen LogP contribution in [0.25, 0.3) is 0 Å². The number of aliphatic hydroxyl groups excluding tert-OH is 2. The van der Waals surface area contributed by atoms with Crippen molar-refractivity contribution in [3.63, 3.8) is 0 Å². The van der Waals surface area contributed by atoms with Crippen molar-refractivity contribution in [1.29, 1.82) is 0 Å². The molecule has 0 fully saturated rings. The number of hydrogen-bond donors (Lipinski definition) is 2. The van der Waals surface area contributed by atoms with E-state index in [0.717, 1.165) is 12.0 Å². The zero-order valence-corrected chi connectivity index (χ0v) is 11.9. The summed E-state index contributed by atoms with van der Waals surface area (Å²) < 4.78 is 0. The van der Waals surface area contributed by atoms with E-state index in [9.17, 15) is 10.2 Å². The van der Waals surface area contributed by atoms with Crippen LogP contribution in [0.3, 0.4) is 0 Å². The predicted octanol–water partition coefficient (Wildman–Crippen LogP) is 2.93. The topological polar surface area (TPSA) is 40.5 Å². The van der Waals surface area contributed by atoms with Gasteiger partial charge in [0.1, 0.15) is 0 Å². The molecular formula is C18H22O2. The Morgan fingerprint density at radius 3 is 2.05 bits per heavy atom. The van der Waals surface area contributed by atoms with Crippen molar-refractivity contribution < 1.29 is 10.2 Å². The molecule has 2 N–H and O–H groups in total. The van der Waals surface area contributed by atoms with Crippen LogP contribution in [0.1, 0.15) is 24.5 Å². The van der Waals surface area contributed by atoms with Crippen molar-refractivity contribution in [1.82, 2.24) is 0 Å². The summed E-state index contributed by atoms with van der Waals surface area (Å²) in [6, 6.07) is 19.9. The van der Waals surface area contributed by atoms with Crippen LogP contribution in [0.15, 0.2) is 60.7 Å². The lowest BCUT2D eigenvalue weighted by Gasteiger charge is -2.33. The molecule has 0 aliphatic carbocycles. The Morgan fingerprint density at radius 2 is 1.50 bits per heavy atom. The number of benzene rings is 2. The van der Waals surface area contributed by atoms with Gasteiger partial charge in [0.25, 0.3) is 0 Å². The summed E-state index contributed by atoms with van der Waals surface area (Å²) in [6.45, 7) is 1.85. The Labute approximate surface area is 120 Å². The summed E-state index contributed by atoms with van der Waals surface area (Å²) in [5.41, 5.74) is 1.57. The van der Waals surface area contributed by atoms with Crippen LogP contribution in [0.2, 0.25) is 0 Å². The summed E-state index contributed by atoms with van der Waals surface area (Å²) in [6.07, 6.45) is 0.871. The highest BCUT2D eigenvalue weighted by molar-refractivity contribution is 5.26. The SMILES string of the molecule is C[C@](CO)(c1ccccc1)[C@@H](O)CCc1ccccc1. The Balaban J connectivity index is 2.07. The van der Waals surface area contributed by atoms with Crippen LogP contribution in [-0.4, -0.2) is 22.9 Å². The van der Waals surface area contributed by atoms with Crippen molar-refractivity contribution in [2.75, 3.05) is 6.61 Å². The van der Waals surface area contributed by atoms with Crippen molar-refractivity contribution in [3.8, 4) is 0 Å². The van der Waals surface area contributed by atoms with E-state index in [1.165, 1.54) is 5.56 Å². The quantitative estimate of drug-likeness (QED) is 0.847. The van der Waals surface area contributed by atoms with E-state index in [1.54, 1.807) is 0 Å². The molecule has 0 aliphatic heterocycles. The fourth-order valence-corrected chi connectivity index (χ4v) is 2.47. The maximum Gasteiger partial charge on any atom is 0.0659 e. The maximum absolute atomic E-state index is 10.5. The third-order valence-electron chi connectivity index (χ3n) is 4.05. The predicted molar refractivity (Wildman–Crippen MR) is 81.6 cm³/mol. The second-order valence-corrected chi connectivity index (χ2v) is 5.48. The third-order valence-corrected chi connectivity index (χ3v) is 4.05. The van der Waals surface area contributed by atoms with Gasteiger partial charge in [0.2, 0.25) is 0 Å². The van der Waals surface area contributed by atoms with E-state index in [0.29, 0.717) is 6.42 Å². The second kappa shape index (κ2) is 6.69.